The molecule has 0 aromatic heterocycles. The van der Waals surface area contributed by atoms with Crippen molar-refractivity contribution < 1.29 is 9.59 Å². The highest BCUT2D eigenvalue weighted by atomic mass is 32.2. The number of nitrogens with one attached hydrogen (secondary N) is 1. The number of imide groups is 1. The van der Waals surface area contributed by atoms with E-state index in [1.807, 2.05) is 27.7 Å². The van der Waals surface area contributed by atoms with Crippen LogP contribution in [0.1, 0.15) is 34.6 Å². The van der Waals surface area contributed by atoms with E-state index < -0.39 is 4.75 Å². The second kappa shape index (κ2) is 4.65. The molecule has 1 heterocycles. The van der Waals surface area contributed by atoms with Gasteiger partial charge in [-0.25, -0.2) is 0 Å². The van der Waals surface area contributed by atoms with Crippen LogP contribution in [0.4, 0.5) is 4.79 Å². The van der Waals surface area contributed by atoms with Gasteiger partial charge in [-0.3, -0.25) is 14.9 Å². The van der Waals surface area contributed by atoms with E-state index in [0.717, 1.165) is 11.8 Å². The Labute approximate surface area is 83.7 Å². The molecule has 76 valence electrons. The first-order chi connectivity index (χ1) is 5.97. The normalized spacial score (nSPS) is 26.9. The Bertz CT molecular complexity index is 216. The third kappa shape index (κ3) is 2.46. The van der Waals surface area contributed by atoms with Crippen molar-refractivity contribution in [1.82, 2.24) is 5.32 Å². The molecule has 1 rings (SSSR count). The molecule has 4 heteroatoms. The molecule has 0 radical (unpaired) electrons. The average Bonchev–Trinajstić information content (AvgIpc) is 2.31. The SMILES string of the molecule is CC.CC(C)C1(C)SC(=O)NC1=O. The zero-order chi connectivity index (χ0) is 10.6. The van der Waals surface area contributed by atoms with Gasteiger partial charge >= 0.3 is 0 Å². The van der Waals surface area contributed by atoms with Crippen LogP contribution >= 0.6 is 11.8 Å². The summed E-state index contributed by atoms with van der Waals surface area (Å²) in [4.78, 5) is 22.0. The van der Waals surface area contributed by atoms with Crippen molar-refractivity contribution in [2.45, 2.75) is 39.4 Å². The smallest absolute Gasteiger partial charge is 0.286 e. The highest BCUT2D eigenvalue weighted by molar-refractivity contribution is 8.16. The number of rotatable bonds is 1. The minimum absolute atomic E-state index is 0.164. The van der Waals surface area contributed by atoms with Gasteiger partial charge in [0.2, 0.25) is 5.91 Å². The minimum Gasteiger partial charge on any atom is -0.286 e. The van der Waals surface area contributed by atoms with Crippen LogP contribution in [0.2, 0.25) is 0 Å². The standard InChI is InChI=1S/C7H11NO2S.C2H6/c1-4(2)7(3)5(9)8-6(10)11-7;1-2/h4H,1-3H3,(H,8,9,10);1-2H3. The molecule has 1 fully saturated rings. The van der Waals surface area contributed by atoms with E-state index in [9.17, 15) is 9.59 Å². The summed E-state index contributed by atoms with van der Waals surface area (Å²) < 4.78 is -0.558. The molecule has 1 aliphatic heterocycles. The first-order valence-corrected chi connectivity index (χ1v) is 5.33. The largest absolute Gasteiger partial charge is 0.286 e. The summed E-state index contributed by atoms with van der Waals surface area (Å²) in [6, 6.07) is 0. The van der Waals surface area contributed by atoms with Gasteiger partial charge < -0.3 is 0 Å². The van der Waals surface area contributed by atoms with Crippen LogP contribution in [-0.4, -0.2) is 15.9 Å². The van der Waals surface area contributed by atoms with E-state index in [2.05, 4.69) is 5.32 Å². The summed E-state index contributed by atoms with van der Waals surface area (Å²) >= 11 is 1.08. The van der Waals surface area contributed by atoms with Crippen molar-refractivity contribution in [3.8, 4) is 0 Å². The van der Waals surface area contributed by atoms with Crippen molar-refractivity contribution in [2.24, 2.45) is 5.92 Å². The summed E-state index contributed by atoms with van der Waals surface area (Å²) in [5, 5.41) is 2.04. The molecule has 0 aromatic carbocycles. The zero-order valence-electron chi connectivity index (χ0n) is 8.80. The van der Waals surface area contributed by atoms with Gasteiger partial charge in [0.25, 0.3) is 5.24 Å². The van der Waals surface area contributed by atoms with Gasteiger partial charge in [-0.1, -0.05) is 27.7 Å². The van der Waals surface area contributed by atoms with Crippen molar-refractivity contribution in [3.05, 3.63) is 0 Å². The molecule has 2 amide bonds. The minimum atomic E-state index is -0.558. The molecule has 0 aliphatic carbocycles. The van der Waals surface area contributed by atoms with Gasteiger partial charge in [0, 0.05) is 0 Å². The lowest BCUT2D eigenvalue weighted by molar-refractivity contribution is -0.122. The lowest BCUT2D eigenvalue weighted by atomic mass is 9.96. The van der Waals surface area contributed by atoms with Crippen LogP contribution < -0.4 is 5.32 Å². The maximum absolute atomic E-state index is 11.2. The molecular formula is C9H17NO2S. The molecule has 1 unspecified atom stereocenters. The summed E-state index contributed by atoms with van der Waals surface area (Å²) in [5.74, 6) is 0.0152. The van der Waals surface area contributed by atoms with Gasteiger partial charge in [0.05, 0.1) is 0 Å². The summed E-state index contributed by atoms with van der Waals surface area (Å²) in [6.45, 7) is 9.67. The van der Waals surface area contributed by atoms with Crippen LogP contribution in [0, 0.1) is 5.92 Å². The fourth-order valence-corrected chi connectivity index (χ4v) is 1.77. The lowest BCUT2D eigenvalue weighted by Crippen LogP contribution is -2.38. The molecule has 3 nitrogen and oxygen atoms in total. The number of carbonyl (C=O) groups excluding carboxylic acids is 2. The first kappa shape index (κ1) is 12.5. The Morgan fingerprint density at radius 2 is 1.77 bits per heavy atom. The van der Waals surface area contributed by atoms with E-state index in [1.54, 1.807) is 6.92 Å². The number of amides is 2. The molecule has 1 saturated heterocycles. The van der Waals surface area contributed by atoms with Crippen LogP contribution in [-0.2, 0) is 4.79 Å². The van der Waals surface area contributed by atoms with Crippen LogP contribution in [0.3, 0.4) is 0 Å². The molecule has 1 atom stereocenters. The van der Waals surface area contributed by atoms with Crippen LogP contribution in [0.5, 0.6) is 0 Å². The second-order valence-corrected chi connectivity index (χ2v) is 4.53. The van der Waals surface area contributed by atoms with E-state index >= 15 is 0 Å². The van der Waals surface area contributed by atoms with Crippen LogP contribution in [0.15, 0.2) is 0 Å². The summed E-state index contributed by atoms with van der Waals surface area (Å²) in [5.41, 5.74) is 0. The van der Waals surface area contributed by atoms with Gasteiger partial charge in [-0.15, -0.1) is 0 Å². The van der Waals surface area contributed by atoms with Crippen molar-refractivity contribution >= 4 is 22.9 Å². The van der Waals surface area contributed by atoms with Gasteiger partial charge in [0.1, 0.15) is 4.75 Å². The molecule has 0 aromatic rings. The lowest BCUT2D eigenvalue weighted by Gasteiger charge is -2.22. The highest BCUT2D eigenvalue weighted by Gasteiger charge is 2.45. The maximum Gasteiger partial charge on any atom is 0.286 e. The van der Waals surface area contributed by atoms with Crippen molar-refractivity contribution in [1.29, 1.82) is 0 Å². The topological polar surface area (TPSA) is 46.2 Å². The molecule has 1 aliphatic rings. The molecule has 0 saturated carbocycles. The van der Waals surface area contributed by atoms with Crippen molar-refractivity contribution in [3.63, 3.8) is 0 Å². The fraction of sp³-hybridized carbons (Fsp3) is 0.778. The average molecular weight is 203 g/mol. The fourth-order valence-electron chi connectivity index (χ4n) is 0.861. The molecule has 1 N–H and O–H groups in total. The first-order valence-electron chi connectivity index (χ1n) is 4.51. The summed E-state index contributed by atoms with van der Waals surface area (Å²) in [6.07, 6.45) is 0. The second-order valence-electron chi connectivity index (χ2n) is 3.11. The maximum atomic E-state index is 11.2. The Morgan fingerprint density at radius 3 is 1.92 bits per heavy atom. The Morgan fingerprint density at radius 1 is 1.31 bits per heavy atom. The van der Waals surface area contributed by atoms with Crippen molar-refractivity contribution in [2.75, 3.05) is 0 Å². The zero-order valence-corrected chi connectivity index (χ0v) is 9.62. The Balaban J connectivity index is 0.000000671. The van der Waals surface area contributed by atoms with E-state index in [0.29, 0.717) is 0 Å². The quantitative estimate of drug-likeness (QED) is 0.712. The third-order valence-corrected chi connectivity index (χ3v) is 3.44. The Kier molecular flexibility index (Phi) is 4.47. The monoisotopic (exact) mass is 203 g/mol. The number of thioether (sulfide) groups is 1. The molecule has 0 bridgehead atoms. The van der Waals surface area contributed by atoms with Crippen LogP contribution in [0.25, 0.3) is 0 Å². The third-order valence-electron chi connectivity index (χ3n) is 2.07. The number of hydrogen-bond donors (Lipinski definition) is 1. The van der Waals surface area contributed by atoms with E-state index in [1.165, 1.54) is 0 Å². The molecular weight excluding hydrogens is 186 g/mol. The van der Waals surface area contributed by atoms with Gasteiger partial charge in [-0.05, 0) is 24.6 Å². The number of hydrogen-bond acceptors (Lipinski definition) is 3. The molecule has 0 spiro atoms. The summed E-state index contributed by atoms with van der Waals surface area (Å²) in [7, 11) is 0. The molecule has 13 heavy (non-hydrogen) atoms. The Hall–Kier alpha value is -0.510. The van der Waals surface area contributed by atoms with Gasteiger partial charge in [-0.2, -0.15) is 0 Å². The van der Waals surface area contributed by atoms with E-state index in [4.69, 9.17) is 0 Å². The van der Waals surface area contributed by atoms with Gasteiger partial charge in [0.15, 0.2) is 0 Å². The highest BCUT2D eigenvalue weighted by Crippen LogP contribution is 2.37. The van der Waals surface area contributed by atoms with E-state index in [-0.39, 0.29) is 17.1 Å². The predicted octanol–water partition coefficient (Wildman–Crippen LogP) is 2.41. The predicted molar refractivity (Wildman–Crippen MR) is 55.7 cm³/mol. The number of carbonyl (C=O) groups is 2.